The van der Waals surface area contributed by atoms with Gasteiger partial charge in [-0.25, -0.2) is 0 Å². The second-order valence-corrected chi connectivity index (χ2v) is 5.47. The van der Waals surface area contributed by atoms with Crippen LogP contribution in [0, 0.1) is 5.92 Å². The van der Waals surface area contributed by atoms with Crippen LogP contribution in [-0.4, -0.2) is 25.6 Å². The Morgan fingerprint density at radius 3 is 2.55 bits per heavy atom. The van der Waals surface area contributed by atoms with Crippen LogP contribution in [0.15, 0.2) is 24.3 Å². The van der Waals surface area contributed by atoms with Crippen LogP contribution in [0.1, 0.15) is 39.3 Å². The summed E-state index contributed by atoms with van der Waals surface area (Å²) in [6.45, 7) is 8.28. The molecule has 4 heteroatoms. The van der Waals surface area contributed by atoms with Crippen LogP contribution < -0.4 is 15.4 Å². The van der Waals surface area contributed by atoms with E-state index < -0.39 is 0 Å². The minimum absolute atomic E-state index is 0.0500. The lowest BCUT2D eigenvalue weighted by molar-refractivity contribution is -0.124. The van der Waals surface area contributed by atoms with Crippen molar-refractivity contribution in [3.63, 3.8) is 0 Å². The first-order valence-electron chi connectivity index (χ1n) is 7.13. The summed E-state index contributed by atoms with van der Waals surface area (Å²) in [6, 6.07) is 8.21. The highest BCUT2D eigenvalue weighted by molar-refractivity contribution is 5.77. The first-order chi connectivity index (χ1) is 9.43. The van der Waals surface area contributed by atoms with Crippen LogP contribution >= 0.6 is 0 Å². The van der Waals surface area contributed by atoms with Crippen molar-refractivity contribution in [1.29, 1.82) is 0 Å². The largest absolute Gasteiger partial charge is 0.484 e. The molecule has 0 bridgehead atoms. The van der Waals surface area contributed by atoms with Gasteiger partial charge in [-0.2, -0.15) is 0 Å². The lowest BCUT2D eigenvalue weighted by atomic mass is 10.1. The first kappa shape index (κ1) is 16.5. The Morgan fingerprint density at radius 2 is 1.95 bits per heavy atom. The number of benzene rings is 1. The molecular weight excluding hydrogens is 252 g/mol. The maximum absolute atomic E-state index is 11.8. The molecule has 20 heavy (non-hydrogen) atoms. The Morgan fingerprint density at radius 1 is 1.25 bits per heavy atom. The molecule has 2 atom stereocenters. The number of amides is 1. The molecule has 4 nitrogen and oxygen atoms in total. The van der Waals surface area contributed by atoms with Crippen LogP contribution in [0.4, 0.5) is 0 Å². The summed E-state index contributed by atoms with van der Waals surface area (Å²) in [6.07, 6.45) is 0. The second kappa shape index (κ2) is 7.90. The highest BCUT2D eigenvalue weighted by Crippen LogP contribution is 2.18. The van der Waals surface area contributed by atoms with E-state index in [-0.39, 0.29) is 24.6 Å². The smallest absolute Gasteiger partial charge is 0.258 e. The first-order valence-corrected chi connectivity index (χ1v) is 7.13. The van der Waals surface area contributed by atoms with Gasteiger partial charge in [-0.3, -0.25) is 4.79 Å². The van der Waals surface area contributed by atoms with Crippen molar-refractivity contribution in [2.24, 2.45) is 5.92 Å². The molecule has 1 amide bonds. The van der Waals surface area contributed by atoms with Crippen molar-refractivity contribution in [1.82, 2.24) is 10.6 Å². The fourth-order valence-electron chi connectivity index (χ4n) is 1.65. The van der Waals surface area contributed by atoms with Gasteiger partial charge in [0.1, 0.15) is 5.75 Å². The van der Waals surface area contributed by atoms with E-state index in [0.29, 0.717) is 5.92 Å². The van der Waals surface area contributed by atoms with E-state index in [1.807, 2.05) is 38.2 Å². The number of carbonyl (C=O) groups excluding carboxylic acids is 1. The van der Waals surface area contributed by atoms with Crippen molar-refractivity contribution in [3.8, 4) is 5.75 Å². The molecule has 0 spiro atoms. The van der Waals surface area contributed by atoms with Crippen molar-refractivity contribution in [3.05, 3.63) is 29.8 Å². The minimum Gasteiger partial charge on any atom is -0.484 e. The van der Waals surface area contributed by atoms with Gasteiger partial charge in [-0.1, -0.05) is 26.0 Å². The standard InChI is InChI=1S/C16H26N2O2/c1-11(2)12(3)18-16(19)10-20-15-8-6-7-14(9-15)13(4)17-5/h6-9,11-13,17H,10H2,1-5H3,(H,18,19). The van der Waals surface area contributed by atoms with Crippen molar-refractivity contribution < 1.29 is 9.53 Å². The van der Waals surface area contributed by atoms with Crippen LogP contribution in [0.2, 0.25) is 0 Å². The molecule has 2 N–H and O–H groups in total. The highest BCUT2D eigenvalue weighted by Gasteiger charge is 2.11. The number of carbonyl (C=O) groups is 1. The van der Waals surface area contributed by atoms with Gasteiger partial charge in [0.25, 0.3) is 5.91 Å². The monoisotopic (exact) mass is 278 g/mol. The summed E-state index contributed by atoms with van der Waals surface area (Å²) in [7, 11) is 1.92. The molecule has 0 fully saturated rings. The van der Waals surface area contributed by atoms with E-state index in [2.05, 4.69) is 31.4 Å². The van der Waals surface area contributed by atoms with Gasteiger partial charge < -0.3 is 15.4 Å². The van der Waals surface area contributed by atoms with Gasteiger partial charge in [0, 0.05) is 12.1 Å². The molecule has 0 saturated carbocycles. The van der Waals surface area contributed by atoms with E-state index in [9.17, 15) is 4.79 Å². The van der Waals surface area contributed by atoms with Crippen molar-refractivity contribution in [2.75, 3.05) is 13.7 Å². The summed E-state index contributed by atoms with van der Waals surface area (Å²) in [5.74, 6) is 1.05. The topological polar surface area (TPSA) is 50.4 Å². The maximum Gasteiger partial charge on any atom is 0.258 e. The fourth-order valence-corrected chi connectivity index (χ4v) is 1.65. The third kappa shape index (κ3) is 5.21. The Hall–Kier alpha value is -1.55. The van der Waals surface area contributed by atoms with E-state index in [0.717, 1.165) is 11.3 Å². The van der Waals surface area contributed by atoms with Gasteiger partial charge >= 0.3 is 0 Å². The highest BCUT2D eigenvalue weighted by atomic mass is 16.5. The van der Waals surface area contributed by atoms with E-state index in [1.54, 1.807) is 0 Å². The molecule has 2 unspecified atom stereocenters. The predicted molar refractivity (Wildman–Crippen MR) is 81.9 cm³/mol. The minimum atomic E-state index is -0.0849. The molecule has 1 aromatic carbocycles. The molecule has 0 aliphatic carbocycles. The molecule has 1 aromatic rings. The predicted octanol–water partition coefficient (Wildman–Crippen LogP) is 2.51. The van der Waals surface area contributed by atoms with Crippen LogP contribution in [-0.2, 0) is 4.79 Å². The molecule has 0 saturated heterocycles. The molecule has 1 rings (SSSR count). The van der Waals surface area contributed by atoms with Crippen LogP contribution in [0.5, 0.6) is 5.75 Å². The van der Waals surface area contributed by atoms with E-state index in [4.69, 9.17) is 4.74 Å². The maximum atomic E-state index is 11.8. The van der Waals surface area contributed by atoms with Gasteiger partial charge in [0.2, 0.25) is 0 Å². The third-order valence-corrected chi connectivity index (χ3v) is 3.55. The van der Waals surface area contributed by atoms with E-state index >= 15 is 0 Å². The fraction of sp³-hybridized carbons (Fsp3) is 0.562. The molecule has 0 heterocycles. The number of ether oxygens (including phenoxy) is 1. The Kier molecular flexibility index (Phi) is 6.52. The second-order valence-electron chi connectivity index (χ2n) is 5.47. The average molecular weight is 278 g/mol. The molecule has 0 aromatic heterocycles. The molecule has 112 valence electrons. The van der Waals surface area contributed by atoms with Gasteiger partial charge in [0.15, 0.2) is 6.61 Å². The number of rotatable bonds is 7. The average Bonchev–Trinajstić information content (AvgIpc) is 2.44. The quantitative estimate of drug-likeness (QED) is 0.805. The normalized spacial score (nSPS) is 13.9. The van der Waals surface area contributed by atoms with Crippen molar-refractivity contribution >= 4 is 5.91 Å². The van der Waals surface area contributed by atoms with Crippen molar-refractivity contribution in [2.45, 2.75) is 39.8 Å². The lowest BCUT2D eigenvalue weighted by Gasteiger charge is -2.18. The van der Waals surface area contributed by atoms with E-state index in [1.165, 1.54) is 0 Å². The number of hydrogen-bond donors (Lipinski definition) is 2. The summed E-state index contributed by atoms with van der Waals surface area (Å²) >= 11 is 0. The molecule has 0 aliphatic heterocycles. The molecule has 0 aliphatic rings. The Balaban J connectivity index is 2.51. The SMILES string of the molecule is CNC(C)c1cccc(OCC(=O)NC(C)C(C)C)c1. The summed E-state index contributed by atoms with van der Waals surface area (Å²) in [5, 5.41) is 6.10. The summed E-state index contributed by atoms with van der Waals surface area (Å²) < 4.78 is 5.54. The number of hydrogen-bond acceptors (Lipinski definition) is 3. The summed E-state index contributed by atoms with van der Waals surface area (Å²) in [4.78, 5) is 11.8. The van der Waals surface area contributed by atoms with Crippen LogP contribution in [0.3, 0.4) is 0 Å². The Labute approximate surface area is 121 Å². The van der Waals surface area contributed by atoms with Crippen LogP contribution in [0.25, 0.3) is 0 Å². The Bertz CT molecular complexity index is 432. The molecule has 0 radical (unpaired) electrons. The van der Waals surface area contributed by atoms with Gasteiger partial charge in [-0.15, -0.1) is 0 Å². The van der Waals surface area contributed by atoms with Gasteiger partial charge in [0.05, 0.1) is 0 Å². The zero-order valence-corrected chi connectivity index (χ0v) is 13.1. The number of nitrogens with one attached hydrogen (secondary N) is 2. The lowest BCUT2D eigenvalue weighted by Crippen LogP contribution is -2.38. The zero-order valence-electron chi connectivity index (χ0n) is 13.1. The van der Waals surface area contributed by atoms with Gasteiger partial charge in [-0.05, 0) is 44.5 Å². The zero-order chi connectivity index (χ0) is 15.1. The molecular formula is C16H26N2O2. The summed E-state index contributed by atoms with van der Waals surface area (Å²) in [5.41, 5.74) is 1.14. The third-order valence-electron chi connectivity index (χ3n) is 3.55.